The van der Waals surface area contributed by atoms with E-state index >= 15 is 0 Å². The van der Waals surface area contributed by atoms with Crippen molar-refractivity contribution in [3.63, 3.8) is 0 Å². The molecule has 0 aromatic heterocycles. The van der Waals surface area contributed by atoms with Crippen LogP contribution < -0.4 is 9.47 Å². The van der Waals surface area contributed by atoms with Crippen LogP contribution in [0.25, 0.3) is 0 Å². The van der Waals surface area contributed by atoms with Crippen molar-refractivity contribution in [3.8, 4) is 11.5 Å². The molecule has 2 aromatic carbocycles. The van der Waals surface area contributed by atoms with E-state index in [1.165, 1.54) is 11.8 Å². The van der Waals surface area contributed by atoms with Crippen molar-refractivity contribution >= 4 is 22.8 Å². The quantitative estimate of drug-likeness (QED) is 0.797. The molecule has 0 bridgehead atoms. The normalized spacial score (nSPS) is 15.7. The molecular weight excluding hydrogens is 336 g/mol. The SMILES string of the molecule is COc1ccc(CN=C2SCC(=O)N2Cc2ccc(OC)cc2)cc1. The standard InChI is InChI=1S/C19H20N2O3S/c1-23-16-7-3-14(4-8-16)11-20-19-21(18(22)13-25-19)12-15-5-9-17(24-2)10-6-15/h3-10H,11-13H2,1-2H3. The first kappa shape index (κ1) is 17.4. The number of aliphatic imine (C=N–C) groups is 1. The highest BCUT2D eigenvalue weighted by Crippen LogP contribution is 2.23. The van der Waals surface area contributed by atoms with Gasteiger partial charge in [0, 0.05) is 0 Å². The highest BCUT2D eigenvalue weighted by atomic mass is 32.2. The molecule has 0 N–H and O–H groups in total. The molecular formula is C19H20N2O3S. The zero-order chi connectivity index (χ0) is 17.6. The van der Waals surface area contributed by atoms with E-state index in [2.05, 4.69) is 4.99 Å². The van der Waals surface area contributed by atoms with Crippen LogP contribution in [0.5, 0.6) is 11.5 Å². The highest BCUT2D eigenvalue weighted by molar-refractivity contribution is 8.15. The number of thioether (sulfide) groups is 1. The number of hydrogen-bond donors (Lipinski definition) is 0. The van der Waals surface area contributed by atoms with Crippen molar-refractivity contribution in [2.24, 2.45) is 4.99 Å². The third kappa shape index (κ3) is 4.33. The summed E-state index contributed by atoms with van der Waals surface area (Å²) in [6.45, 7) is 1.07. The van der Waals surface area contributed by atoms with Gasteiger partial charge in [-0.15, -0.1) is 0 Å². The van der Waals surface area contributed by atoms with Crippen LogP contribution in [0, 0.1) is 0 Å². The van der Waals surface area contributed by atoms with Crippen LogP contribution in [0.2, 0.25) is 0 Å². The fourth-order valence-electron chi connectivity index (χ4n) is 2.48. The molecule has 0 atom stereocenters. The third-order valence-electron chi connectivity index (χ3n) is 3.91. The summed E-state index contributed by atoms with van der Waals surface area (Å²) >= 11 is 1.49. The summed E-state index contributed by atoms with van der Waals surface area (Å²) in [6.07, 6.45) is 0. The monoisotopic (exact) mass is 356 g/mol. The Balaban J connectivity index is 1.69. The van der Waals surface area contributed by atoms with Gasteiger partial charge in [-0.2, -0.15) is 0 Å². The molecule has 0 radical (unpaired) electrons. The summed E-state index contributed by atoms with van der Waals surface area (Å²) in [5.74, 6) is 2.16. The van der Waals surface area contributed by atoms with E-state index in [0.29, 0.717) is 18.8 Å². The fraction of sp³-hybridized carbons (Fsp3) is 0.263. The minimum atomic E-state index is 0.0919. The lowest BCUT2D eigenvalue weighted by molar-refractivity contribution is -0.124. The predicted molar refractivity (Wildman–Crippen MR) is 100 cm³/mol. The number of rotatable bonds is 6. The van der Waals surface area contributed by atoms with E-state index in [0.717, 1.165) is 27.8 Å². The Kier molecular flexibility index (Phi) is 5.60. The van der Waals surface area contributed by atoms with Gasteiger partial charge in [-0.25, -0.2) is 0 Å². The first-order chi connectivity index (χ1) is 12.2. The van der Waals surface area contributed by atoms with Gasteiger partial charge in [-0.1, -0.05) is 36.0 Å². The Hall–Kier alpha value is -2.47. The number of ether oxygens (including phenoxy) is 2. The third-order valence-corrected chi connectivity index (χ3v) is 4.91. The molecule has 25 heavy (non-hydrogen) atoms. The lowest BCUT2D eigenvalue weighted by atomic mass is 10.2. The number of amidine groups is 1. The number of benzene rings is 2. The maximum absolute atomic E-state index is 12.2. The molecule has 0 spiro atoms. The molecule has 0 saturated carbocycles. The molecule has 130 valence electrons. The highest BCUT2D eigenvalue weighted by Gasteiger charge is 2.27. The molecule has 2 aromatic rings. The van der Waals surface area contributed by atoms with Crippen molar-refractivity contribution < 1.29 is 14.3 Å². The lowest BCUT2D eigenvalue weighted by Gasteiger charge is -2.16. The van der Waals surface area contributed by atoms with E-state index in [4.69, 9.17) is 9.47 Å². The Morgan fingerprint density at radius 3 is 2.08 bits per heavy atom. The van der Waals surface area contributed by atoms with Crippen LogP contribution >= 0.6 is 11.8 Å². The average Bonchev–Trinajstić information content (AvgIpc) is 3.01. The van der Waals surface area contributed by atoms with Crippen molar-refractivity contribution in [2.75, 3.05) is 20.0 Å². The smallest absolute Gasteiger partial charge is 0.239 e. The van der Waals surface area contributed by atoms with Crippen LogP contribution in [0.3, 0.4) is 0 Å². The topological polar surface area (TPSA) is 51.1 Å². The van der Waals surface area contributed by atoms with Gasteiger partial charge in [0.25, 0.3) is 0 Å². The van der Waals surface area contributed by atoms with Gasteiger partial charge in [0.2, 0.25) is 5.91 Å². The maximum Gasteiger partial charge on any atom is 0.239 e. The summed E-state index contributed by atoms with van der Waals surface area (Å²) in [4.78, 5) is 18.6. The van der Waals surface area contributed by atoms with Crippen LogP contribution in [0.15, 0.2) is 53.5 Å². The number of hydrogen-bond acceptors (Lipinski definition) is 5. The van der Waals surface area contributed by atoms with Gasteiger partial charge in [-0.05, 0) is 35.4 Å². The summed E-state index contributed by atoms with van der Waals surface area (Å²) in [5, 5.41) is 0.775. The number of nitrogens with zero attached hydrogens (tertiary/aromatic N) is 2. The maximum atomic E-state index is 12.2. The largest absolute Gasteiger partial charge is 0.497 e. The minimum absolute atomic E-state index is 0.0919. The second kappa shape index (κ2) is 8.07. The first-order valence-corrected chi connectivity index (χ1v) is 8.91. The second-order valence-electron chi connectivity index (χ2n) is 5.56. The van der Waals surface area contributed by atoms with E-state index < -0.39 is 0 Å². The van der Waals surface area contributed by atoms with Crippen LogP contribution in [0.1, 0.15) is 11.1 Å². The van der Waals surface area contributed by atoms with Crippen LogP contribution in [-0.2, 0) is 17.9 Å². The molecule has 6 heteroatoms. The summed E-state index contributed by atoms with van der Waals surface area (Å²) < 4.78 is 10.3. The Morgan fingerprint density at radius 1 is 0.960 bits per heavy atom. The number of methoxy groups -OCH3 is 2. The lowest BCUT2D eigenvalue weighted by Crippen LogP contribution is -2.29. The Morgan fingerprint density at radius 2 is 1.52 bits per heavy atom. The summed E-state index contributed by atoms with van der Waals surface area (Å²) in [6, 6.07) is 15.5. The molecule has 1 saturated heterocycles. The van der Waals surface area contributed by atoms with Crippen molar-refractivity contribution in [2.45, 2.75) is 13.1 Å². The fourth-order valence-corrected chi connectivity index (χ4v) is 3.37. The molecule has 0 unspecified atom stereocenters. The summed E-state index contributed by atoms with van der Waals surface area (Å²) in [5.41, 5.74) is 2.13. The average molecular weight is 356 g/mol. The van der Waals surface area contributed by atoms with E-state index in [1.807, 2.05) is 48.5 Å². The van der Waals surface area contributed by atoms with Crippen molar-refractivity contribution in [1.29, 1.82) is 0 Å². The van der Waals surface area contributed by atoms with Crippen LogP contribution in [-0.4, -0.2) is 35.9 Å². The molecule has 3 rings (SSSR count). The molecule has 0 aliphatic carbocycles. The minimum Gasteiger partial charge on any atom is -0.497 e. The Bertz CT molecular complexity index is 757. The Labute approximate surface area is 151 Å². The molecule has 1 fully saturated rings. The zero-order valence-corrected chi connectivity index (χ0v) is 15.1. The molecule has 1 aliphatic heterocycles. The van der Waals surface area contributed by atoms with Gasteiger partial charge in [0.05, 0.1) is 33.1 Å². The number of amides is 1. The summed E-state index contributed by atoms with van der Waals surface area (Å²) in [7, 11) is 3.28. The second-order valence-corrected chi connectivity index (χ2v) is 6.51. The van der Waals surface area contributed by atoms with Gasteiger partial charge >= 0.3 is 0 Å². The van der Waals surface area contributed by atoms with Gasteiger partial charge in [0.1, 0.15) is 11.5 Å². The van der Waals surface area contributed by atoms with Gasteiger partial charge < -0.3 is 9.47 Å². The van der Waals surface area contributed by atoms with E-state index in [-0.39, 0.29) is 5.91 Å². The van der Waals surface area contributed by atoms with Crippen molar-refractivity contribution in [3.05, 3.63) is 59.7 Å². The number of carbonyl (C=O) groups excluding carboxylic acids is 1. The molecule has 1 amide bonds. The number of carbonyl (C=O) groups is 1. The zero-order valence-electron chi connectivity index (χ0n) is 14.3. The van der Waals surface area contributed by atoms with Crippen LogP contribution in [0.4, 0.5) is 0 Å². The molecule has 5 nitrogen and oxygen atoms in total. The molecule has 1 heterocycles. The van der Waals surface area contributed by atoms with E-state index in [9.17, 15) is 4.79 Å². The first-order valence-electron chi connectivity index (χ1n) is 7.93. The predicted octanol–water partition coefficient (Wildman–Crippen LogP) is 3.34. The van der Waals surface area contributed by atoms with Gasteiger partial charge in [-0.3, -0.25) is 14.7 Å². The van der Waals surface area contributed by atoms with Crippen molar-refractivity contribution in [1.82, 2.24) is 4.90 Å². The molecule has 1 aliphatic rings. The van der Waals surface area contributed by atoms with E-state index in [1.54, 1.807) is 19.1 Å². The van der Waals surface area contributed by atoms with Gasteiger partial charge in [0.15, 0.2) is 5.17 Å².